The van der Waals surface area contributed by atoms with Crippen LogP contribution in [0.4, 0.5) is 11.6 Å². The van der Waals surface area contributed by atoms with Crippen molar-refractivity contribution in [3.8, 4) is 0 Å². The molecule has 72 valence electrons. The molecule has 0 radical (unpaired) electrons. The highest BCUT2D eigenvalue weighted by Gasteiger charge is 2.07. The van der Waals surface area contributed by atoms with Crippen molar-refractivity contribution in [1.29, 1.82) is 0 Å². The molecule has 6 heteroatoms. The molecule has 1 rings (SSSR count). The first-order valence-electron chi connectivity index (χ1n) is 3.87. The third-order valence-corrected chi connectivity index (χ3v) is 2.01. The molecule has 0 spiro atoms. The molecule has 4 nitrogen and oxygen atoms in total. The molecule has 0 unspecified atom stereocenters. The first-order chi connectivity index (χ1) is 6.15. The topological polar surface area (TPSA) is 63.8 Å². The van der Waals surface area contributed by atoms with Gasteiger partial charge in [-0.1, -0.05) is 30.1 Å². The number of anilines is 2. The van der Waals surface area contributed by atoms with E-state index in [9.17, 15) is 0 Å². The molecule has 0 saturated carbocycles. The summed E-state index contributed by atoms with van der Waals surface area (Å²) in [6.07, 6.45) is 0.974. The maximum Gasteiger partial charge on any atom is 0.170 e. The minimum atomic E-state index is 0.126. The number of halogens is 2. The predicted molar refractivity (Wildman–Crippen MR) is 55.2 cm³/mol. The summed E-state index contributed by atoms with van der Waals surface area (Å²) in [5.41, 5.74) is 5.55. The van der Waals surface area contributed by atoms with E-state index >= 15 is 0 Å². The smallest absolute Gasteiger partial charge is 0.170 e. The number of rotatable bonds is 3. The first-order valence-corrected chi connectivity index (χ1v) is 4.63. The minimum absolute atomic E-state index is 0.126. The summed E-state index contributed by atoms with van der Waals surface area (Å²) >= 11 is 11.3. The molecule has 0 bridgehead atoms. The van der Waals surface area contributed by atoms with E-state index in [1.165, 1.54) is 0 Å². The monoisotopic (exact) mass is 220 g/mol. The van der Waals surface area contributed by atoms with E-state index in [4.69, 9.17) is 28.9 Å². The molecule has 0 atom stereocenters. The van der Waals surface area contributed by atoms with Crippen LogP contribution in [0, 0.1) is 0 Å². The average Bonchev–Trinajstić information content (AvgIpc) is 2.09. The van der Waals surface area contributed by atoms with Crippen LogP contribution in [0.5, 0.6) is 0 Å². The predicted octanol–water partition coefficient (Wildman–Crippen LogP) is 2.19. The molecule has 0 aliphatic heterocycles. The second kappa shape index (κ2) is 4.48. The summed E-state index contributed by atoms with van der Waals surface area (Å²) in [6, 6.07) is 0. The van der Waals surface area contributed by atoms with Crippen LogP contribution in [0.15, 0.2) is 0 Å². The Bertz CT molecular complexity index is 303. The molecule has 0 aliphatic rings. The number of nitrogens with one attached hydrogen (secondary N) is 1. The minimum Gasteiger partial charge on any atom is -0.381 e. The molecule has 1 aromatic heterocycles. The number of nitrogens with two attached hydrogens (primary N) is 1. The van der Waals surface area contributed by atoms with Crippen LogP contribution in [-0.4, -0.2) is 16.5 Å². The van der Waals surface area contributed by atoms with Crippen molar-refractivity contribution in [2.45, 2.75) is 13.3 Å². The highest BCUT2D eigenvalue weighted by atomic mass is 35.5. The van der Waals surface area contributed by atoms with E-state index in [-0.39, 0.29) is 16.1 Å². The quantitative estimate of drug-likeness (QED) is 0.820. The Morgan fingerprint density at radius 3 is 2.54 bits per heavy atom. The van der Waals surface area contributed by atoms with Gasteiger partial charge in [0.15, 0.2) is 21.9 Å². The number of hydrogen-bond donors (Lipinski definition) is 2. The SMILES string of the molecule is CCCNc1nc(Cl)c(Cl)nc1N. The molecule has 0 aromatic carbocycles. The maximum absolute atomic E-state index is 5.66. The van der Waals surface area contributed by atoms with Gasteiger partial charge in [-0.2, -0.15) is 0 Å². The molecule has 13 heavy (non-hydrogen) atoms. The van der Waals surface area contributed by atoms with Crippen LogP contribution in [0.1, 0.15) is 13.3 Å². The van der Waals surface area contributed by atoms with Crippen molar-refractivity contribution in [2.75, 3.05) is 17.6 Å². The van der Waals surface area contributed by atoms with Gasteiger partial charge in [0, 0.05) is 6.54 Å². The van der Waals surface area contributed by atoms with E-state index in [0.717, 1.165) is 13.0 Å². The number of aromatic nitrogens is 2. The Hall–Kier alpha value is -0.740. The lowest BCUT2D eigenvalue weighted by Crippen LogP contribution is -2.07. The lowest BCUT2D eigenvalue weighted by Gasteiger charge is -2.06. The normalized spacial score (nSPS) is 10.1. The van der Waals surface area contributed by atoms with Crippen molar-refractivity contribution in [1.82, 2.24) is 9.97 Å². The Morgan fingerprint density at radius 1 is 1.31 bits per heavy atom. The van der Waals surface area contributed by atoms with Gasteiger partial charge in [-0.05, 0) is 6.42 Å². The standard InChI is InChI=1S/C7H10Cl2N4/c1-2-3-11-7-6(10)12-4(8)5(9)13-7/h2-3H2,1H3,(H2,10,12)(H,11,13). The molecule has 3 N–H and O–H groups in total. The van der Waals surface area contributed by atoms with Gasteiger partial charge in [-0.3, -0.25) is 0 Å². The highest BCUT2D eigenvalue weighted by molar-refractivity contribution is 6.40. The Balaban J connectivity index is 2.88. The van der Waals surface area contributed by atoms with E-state index < -0.39 is 0 Å². The van der Waals surface area contributed by atoms with Crippen molar-refractivity contribution in [2.24, 2.45) is 0 Å². The number of hydrogen-bond acceptors (Lipinski definition) is 4. The lowest BCUT2D eigenvalue weighted by molar-refractivity contribution is 0.966. The Labute approximate surface area is 86.5 Å². The molecule has 1 heterocycles. The zero-order valence-electron chi connectivity index (χ0n) is 7.14. The third kappa shape index (κ3) is 2.60. The zero-order valence-corrected chi connectivity index (χ0v) is 8.65. The zero-order chi connectivity index (χ0) is 9.84. The van der Waals surface area contributed by atoms with Crippen molar-refractivity contribution in [3.05, 3.63) is 10.3 Å². The summed E-state index contributed by atoms with van der Waals surface area (Å²) in [4.78, 5) is 7.76. The van der Waals surface area contributed by atoms with Gasteiger partial charge < -0.3 is 11.1 Å². The van der Waals surface area contributed by atoms with Gasteiger partial charge in [0.05, 0.1) is 0 Å². The summed E-state index contributed by atoms with van der Waals surface area (Å²) in [7, 11) is 0. The largest absolute Gasteiger partial charge is 0.381 e. The third-order valence-electron chi connectivity index (χ3n) is 1.38. The summed E-state index contributed by atoms with van der Waals surface area (Å²) in [5.74, 6) is 0.749. The van der Waals surface area contributed by atoms with E-state index in [1.54, 1.807) is 0 Å². The van der Waals surface area contributed by atoms with Crippen LogP contribution < -0.4 is 11.1 Å². The van der Waals surface area contributed by atoms with Crippen LogP contribution in [-0.2, 0) is 0 Å². The fourth-order valence-electron chi connectivity index (χ4n) is 0.780. The molecular weight excluding hydrogens is 211 g/mol. The van der Waals surface area contributed by atoms with E-state index in [0.29, 0.717) is 5.82 Å². The van der Waals surface area contributed by atoms with Crippen LogP contribution in [0.2, 0.25) is 10.3 Å². The fraction of sp³-hybridized carbons (Fsp3) is 0.429. The van der Waals surface area contributed by atoms with Crippen LogP contribution in [0.25, 0.3) is 0 Å². The van der Waals surface area contributed by atoms with Gasteiger partial charge in [0.2, 0.25) is 0 Å². The second-order valence-electron chi connectivity index (χ2n) is 2.47. The molecule has 0 aliphatic carbocycles. The summed E-state index contributed by atoms with van der Waals surface area (Å²) < 4.78 is 0. The fourth-order valence-corrected chi connectivity index (χ4v) is 1.04. The van der Waals surface area contributed by atoms with E-state index in [1.807, 2.05) is 6.92 Å². The molecule has 0 fully saturated rings. The summed E-state index contributed by atoms with van der Waals surface area (Å²) in [5, 5.41) is 3.28. The van der Waals surface area contributed by atoms with Gasteiger partial charge in [-0.25, -0.2) is 9.97 Å². The summed E-state index contributed by atoms with van der Waals surface area (Å²) in [6.45, 7) is 2.81. The van der Waals surface area contributed by atoms with E-state index in [2.05, 4.69) is 15.3 Å². The number of nitrogen functional groups attached to an aromatic ring is 1. The van der Waals surface area contributed by atoms with Crippen molar-refractivity contribution >= 4 is 34.8 Å². The van der Waals surface area contributed by atoms with Gasteiger partial charge in [0.25, 0.3) is 0 Å². The number of nitrogens with zero attached hydrogens (tertiary/aromatic N) is 2. The van der Waals surface area contributed by atoms with Crippen LogP contribution in [0.3, 0.4) is 0 Å². The highest BCUT2D eigenvalue weighted by Crippen LogP contribution is 2.22. The Kier molecular flexibility index (Phi) is 3.57. The van der Waals surface area contributed by atoms with Gasteiger partial charge >= 0.3 is 0 Å². The molecular formula is C7H10Cl2N4. The van der Waals surface area contributed by atoms with Crippen LogP contribution >= 0.6 is 23.2 Å². The maximum atomic E-state index is 5.66. The Morgan fingerprint density at radius 2 is 1.92 bits per heavy atom. The first kappa shape index (κ1) is 10.3. The molecule has 1 aromatic rings. The van der Waals surface area contributed by atoms with Gasteiger partial charge in [-0.15, -0.1) is 0 Å². The van der Waals surface area contributed by atoms with Crippen molar-refractivity contribution in [3.63, 3.8) is 0 Å². The average molecular weight is 221 g/mol. The van der Waals surface area contributed by atoms with Crippen molar-refractivity contribution < 1.29 is 0 Å². The molecule has 0 saturated heterocycles. The molecule has 0 amide bonds. The lowest BCUT2D eigenvalue weighted by atomic mass is 10.4. The second-order valence-corrected chi connectivity index (χ2v) is 3.18. The van der Waals surface area contributed by atoms with Gasteiger partial charge in [0.1, 0.15) is 0 Å².